The zero-order valence-electron chi connectivity index (χ0n) is 18.5. The molecule has 0 radical (unpaired) electrons. The first kappa shape index (κ1) is 20.1. The summed E-state index contributed by atoms with van der Waals surface area (Å²) in [6, 6.07) is 15.7. The molecule has 4 aromatic rings. The number of anilines is 2. The van der Waals surface area contributed by atoms with Crippen molar-refractivity contribution in [2.45, 2.75) is 26.4 Å². The summed E-state index contributed by atoms with van der Waals surface area (Å²) in [7, 11) is 3.35. The summed E-state index contributed by atoms with van der Waals surface area (Å²) in [5.74, 6) is 1.56. The van der Waals surface area contributed by atoms with Crippen molar-refractivity contribution < 1.29 is 9.30 Å². The quantitative estimate of drug-likeness (QED) is 0.502. The summed E-state index contributed by atoms with van der Waals surface area (Å²) in [6.07, 6.45) is 0.877. The van der Waals surface area contributed by atoms with Crippen LogP contribution in [-0.4, -0.2) is 27.8 Å². The van der Waals surface area contributed by atoms with Crippen molar-refractivity contribution in [2.75, 3.05) is 18.6 Å². The van der Waals surface area contributed by atoms with Gasteiger partial charge in [-0.3, -0.25) is 13.9 Å². The average molecular weight is 433 g/mol. The first-order chi connectivity index (χ1) is 15.5. The third-order valence-electron chi connectivity index (χ3n) is 6.13. The lowest BCUT2D eigenvalue weighted by atomic mass is 10.1. The number of H-pyrrole nitrogens is 1. The van der Waals surface area contributed by atoms with Crippen LogP contribution in [0.3, 0.4) is 0 Å². The fourth-order valence-corrected chi connectivity index (χ4v) is 4.39. The van der Waals surface area contributed by atoms with Gasteiger partial charge in [-0.15, -0.1) is 0 Å². The Hall–Kier alpha value is -3.81. The minimum Gasteiger partial charge on any atom is -0.497 e. The minimum absolute atomic E-state index is 0.238. The lowest BCUT2D eigenvalue weighted by Gasteiger charge is -2.22. The number of methoxy groups -OCH3 is 1. The Kier molecular flexibility index (Phi) is 4.84. The van der Waals surface area contributed by atoms with Crippen LogP contribution in [0.1, 0.15) is 17.5 Å². The lowest BCUT2D eigenvalue weighted by molar-refractivity contribution is -0.663. The summed E-state index contributed by atoms with van der Waals surface area (Å²) in [6.45, 7) is 3.75. The number of aryl methyl sites for hydroxylation is 3. The molecule has 0 fully saturated rings. The van der Waals surface area contributed by atoms with Crippen molar-refractivity contribution in [3.63, 3.8) is 0 Å². The third-order valence-corrected chi connectivity index (χ3v) is 6.13. The van der Waals surface area contributed by atoms with Gasteiger partial charge in [-0.05, 0) is 24.6 Å². The van der Waals surface area contributed by atoms with E-state index in [0.717, 1.165) is 41.5 Å². The highest BCUT2D eigenvalue weighted by molar-refractivity contribution is 5.70. The summed E-state index contributed by atoms with van der Waals surface area (Å²) < 4.78 is 10.2. The molecule has 2 aromatic carbocycles. The average Bonchev–Trinajstić information content (AvgIpc) is 3.22. The van der Waals surface area contributed by atoms with E-state index < -0.39 is 0 Å². The molecule has 0 atom stereocenters. The molecule has 8 heteroatoms. The highest BCUT2D eigenvalue weighted by Crippen LogP contribution is 2.28. The van der Waals surface area contributed by atoms with E-state index in [1.807, 2.05) is 60.0 Å². The number of aromatic nitrogens is 4. The summed E-state index contributed by atoms with van der Waals surface area (Å²) in [4.78, 5) is 32.1. The smallest absolute Gasteiger partial charge is 0.364 e. The molecule has 0 spiro atoms. The van der Waals surface area contributed by atoms with Crippen LogP contribution in [-0.2, 0) is 20.1 Å². The van der Waals surface area contributed by atoms with Gasteiger partial charge in [0.25, 0.3) is 5.56 Å². The second-order valence-electron chi connectivity index (χ2n) is 8.22. The van der Waals surface area contributed by atoms with E-state index in [-0.39, 0.29) is 17.8 Å². The van der Waals surface area contributed by atoms with E-state index in [9.17, 15) is 9.59 Å². The summed E-state index contributed by atoms with van der Waals surface area (Å²) in [5, 5.41) is 0. The largest absolute Gasteiger partial charge is 0.497 e. The first-order valence-electron chi connectivity index (χ1n) is 10.7. The predicted molar refractivity (Wildman–Crippen MR) is 123 cm³/mol. The van der Waals surface area contributed by atoms with Crippen LogP contribution in [0.4, 0.5) is 11.6 Å². The van der Waals surface area contributed by atoms with Gasteiger partial charge in [0.05, 0.1) is 26.7 Å². The second kappa shape index (κ2) is 7.71. The maximum absolute atomic E-state index is 13.5. The monoisotopic (exact) mass is 432 g/mol. The molecule has 1 aliphatic heterocycles. The number of hydrogen-bond acceptors (Lipinski definition) is 4. The van der Waals surface area contributed by atoms with Crippen molar-refractivity contribution in [1.29, 1.82) is 0 Å². The van der Waals surface area contributed by atoms with Crippen molar-refractivity contribution in [3.05, 3.63) is 80.5 Å². The molecule has 0 bridgehead atoms. The van der Waals surface area contributed by atoms with Gasteiger partial charge in [0.1, 0.15) is 11.4 Å². The molecule has 164 valence electrons. The minimum atomic E-state index is -0.338. The predicted octanol–water partition coefficient (Wildman–Crippen LogP) is 2.22. The molecule has 2 aromatic heterocycles. The van der Waals surface area contributed by atoms with Crippen molar-refractivity contribution in [2.24, 2.45) is 7.05 Å². The van der Waals surface area contributed by atoms with Gasteiger partial charge in [-0.2, -0.15) is 0 Å². The Morgan fingerprint density at radius 2 is 1.91 bits per heavy atom. The van der Waals surface area contributed by atoms with Gasteiger partial charge in [0, 0.05) is 19.5 Å². The highest BCUT2D eigenvalue weighted by Gasteiger charge is 2.33. The molecule has 0 aliphatic carbocycles. The topological polar surface area (TPSA) is 76.1 Å². The van der Waals surface area contributed by atoms with E-state index in [1.165, 1.54) is 9.13 Å². The number of hydrogen-bond donors (Lipinski definition) is 1. The van der Waals surface area contributed by atoms with Crippen LogP contribution >= 0.6 is 0 Å². The normalized spacial score (nSPS) is 13.4. The third kappa shape index (κ3) is 3.19. The van der Waals surface area contributed by atoms with Crippen LogP contribution in [0.5, 0.6) is 5.75 Å². The zero-order valence-corrected chi connectivity index (χ0v) is 18.5. The molecule has 0 saturated heterocycles. The molecule has 0 unspecified atom stereocenters. The van der Waals surface area contributed by atoms with Crippen LogP contribution in [0.25, 0.3) is 11.2 Å². The fraction of sp³-hybridized carbons (Fsp3) is 0.292. The van der Waals surface area contributed by atoms with Crippen LogP contribution in [0.2, 0.25) is 0 Å². The summed E-state index contributed by atoms with van der Waals surface area (Å²) in [5.41, 5.74) is 3.45. The maximum atomic E-state index is 13.5. The number of imidazole rings is 1. The Morgan fingerprint density at radius 3 is 2.66 bits per heavy atom. The fourth-order valence-electron chi connectivity index (χ4n) is 4.39. The van der Waals surface area contributed by atoms with Gasteiger partial charge in [0.15, 0.2) is 0 Å². The zero-order chi connectivity index (χ0) is 22.4. The van der Waals surface area contributed by atoms with Crippen LogP contribution in [0.15, 0.2) is 58.1 Å². The van der Waals surface area contributed by atoms with Gasteiger partial charge in [-0.25, -0.2) is 19.2 Å². The van der Waals surface area contributed by atoms with Crippen LogP contribution in [0, 0.1) is 6.92 Å². The standard InChI is InChI=1S/C24H25N5O3/c1-16-8-10-17(11-9-16)15-29-22(30)20-21(26(2)24(29)31)25-23-27(12-5-13-28(20)23)18-6-4-7-19(14-18)32-3/h4,6-11,14H,5,12-13,15H2,1-3H3/p+1. The summed E-state index contributed by atoms with van der Waals surface area (Å²) >= 11 is 0. The first-order valence-corrected chi connectivity index (χ1v) is 10.7. The van der Waals surface area contributed by atoms with E-state index in [1.54, 1.807) is 14.2 Å². The van der Waals surface area contributed by atoms with Gasteiger partial charge in [0.2, 0.25) is 11.2 Å². The number of rotatable bonds is 4. The SMILES string of the molecule is COc1cccc(N2CCC[n+]3c2[nH]c2c3c(=O)n(Cc3ccc(C)cc3)c(=O)n2C)c1. The van der Waals surface area contributed by atoms with Crippen molar-refractivity contribution >= 4 is 22.8 Å². The van der Waals surface area contributed by atoms with Crippen molar-refractivity contribution in [3.8, 4) is 5.75 Å². The molecular weight excluding hydrogens is 406 g/mol. The van der Waals surface area contributed by atoms with E-state index in [4.69, 9.17) is 4.74 Å². The number of nitrogens with one attached hydrogen (secondary N) is 1. The molecule has 1 N–H and O–H groups in total. The number of fused-ring (bicyclic) bond motifs is 3. The van der Waals surface area contributed by atoms with Gasteiger partial charge < -0.3 is 4.74 Å². The van der Waals surface area contributed by atoms with Gasteiger partial charge in [-0.1, -0.05) is 35.9 Å². The maximum Gasteiger partial charge on any atom is 0.364 e. The Balaban J connectivity index is 1.68. The molecular formula is C24H26N5O3+. The number of nitrogens with zero attached hydrogens (tertiary/aromatic N) is 4. The number of ether oxygens (including phenoxy) is 1. The Labute approximate surface area is 184 Å². The Morgan fingerprint density at radius 1 is 1.12 bits per heavy atom. The van der Waals surface area contributed by atoms with E-state index in [0.29, 0.717) is 17.7 Å². The van der Waals surface area contributed by atoms with E-state index >= 15 is 0 Å². The molecule has 1 aliphatic rings. The number of benzene rings is 2. The van der Waals surface area contributed by atoms with Gasteiger partial charge >= 0.3 is 11.6 Å². The molecule has 5 rings (SSSR count). The van der Waals surface area contributed by atoms with E-state index in [2.05, 4.69) is 9.88 Å². The molecule has 0 saturated carbocycles. The lowest BCUT2D eigenvalue weighted by Crippen LogP contribution is -2.49. The molecule has 3 heterocycles. The molecule has 8 nitrogen and oxygen atoms in total. The number of aromatic amines is 1. The molecule has 0 amide bonds. The Bertz CT molecular complexity index is 1430. The highest BCUT2D eigenvalue weighted by atomic mass is 16.5. The van der Waals surface area contributed by atoms with Crippen LogP contribution < -0.4 is 25.5 Å². The second-order valence-corrected chi connectivity index (χ2v) is 8.22. The van der Waals surface area contributed by atoms with Crippen molar-refractivity contribution in [1.82, 2.24) is 14.1 Å². The molecule has 32 heavy (non-hydrogen) atoms.